The zero-order valence-corrected chi connectivity index (χ0v) is 10.3. The minimum Gasteiger partial charge on any atom is -0.370 e. The molecule has 3 nitrogen and oxygen atoms in total. The smallest absolute Gasteiger partial charge is 0.217 e. The van der Waals surface area contributed by atoms with Crippen LogP contribution in [0.1, 0.15) is 53.4 Å². The average molecular weight is 213 g/mol. The first kappa shape index (κ1) is 14.1. The molecule has 0 aromatic rings. The van der Waals surface area contributed by atoms with Crippen molar-refractivity contribution in [3.63, 3.8) is 0 Å². The van der Waals surface area contributed by atoms with Gasteiger partial charge in [-0.2, -0.15) is 0 Å². The Bertz CT molecular complexity index is 232. The summed E-state index contributed by atoms with van der Waals surface area (Å²) in [5, 5.41) is 0. The second kappa shape index (κ2) is 5.29. The third-order valence-corrected chi connectivity index (χ3v) is 2.55. The van der Waals surface area contributed by atoms with Crippen LogP contribution >= 0.6 is 0 Å². The molecule has 1 amide bonds. The van der Waals surface area contributed by atoms with Gasteiger partial charge in [0.2, 0.25) is 5.91 Å². The van der Waals surface area contributed by atoms with E-state index in [1.807, 2.05) is 13.8 Å². The highest BCUT2D eigenvalue weighted by atomic mass is 16.1. The normalized spacial score (nSPS) is 12.5. The lowest BCUT2D eigenvalue weighted by Gasteiger charge is -2.34. The predicted octanol–water partition coefficient (Wildman–Crippen LogP) is 2.28. The molecular weight excluding hydrogens is 190 g/mol. The van der Waals surface area contributed by atoms with Crippen molar-refractivity contribution in [2.75, 3.05) is 0 Å². The average Bonchev–Trinajstić information content (AvgIpc) is 1.95. The van der Waals surface area contributed by atoms with Gasteiger partial charge >= 0.3 is 0 Å². The van der Waals surface area contributed by atoms with E-state index < -0.39 is 0 Å². The van der Waals surface area contributed by atoms with Crippen molar-refractivity contribution in [1.82, 2.24) is 0 Å². The summed E-state index contributed by atoms with van der Waals surface area (Å²) in [5.41, 5.74) is 5.20. The predicted molar refractivity (Wildman–Crippen MR) is 61.3 cm³/mol. The first-order valence-corrected chi connectivity index (χ1v) is 5.40. The fraction of sp³-hybridized carbons (Fsp3) is 0.833. The molecule has 0 heterocycles. The van der Waals surface area contributed by atoms with Crippen molar-refractivity contribution in [2.45, 2.75) is 53.4 Å². The number of carbonyl (C=O) groups excluding carboxylic acids is 2. The summed E-state index contributed by atoms with van der Waals surface area (Å²) >= 11 is 0. The molecule has 0 aromatic carbocycles. The Morgan fingerprint density at radius 2 is 1.73 bits per heavy atom. The number of aldehydes is 1. The molecule has 0 rings (SSSR count). The van der Waals surface area contributed by atoms with Crippen LogP contribution in [0.4, 0.5) is 0 Å². The summed E-state index contributed by atoms with van der Waals surface area (Å²) < 4.78 is 0. The van der Waals surface area contributed by atoms with E-state index in [1.54, 1.807) is 0 Å². The maximum Gasteiger partial charge on any atom is 0.217 e. The van der Waals surface area contributed by atoms with Gasteiger partial charge in [0.15, 0.2) is 0 Å². The van der Waals surface area contributed by atoms with Crippen LogP contribution in [0.5, 0.6) is 0 Å². The Labute approximate surface area is 92.4 Å². The molecule has 0 saturated carbocycles. The van der Waals surface area contributed by atoms with Crippen LogP contribution in [0.2, 0.25) is 0 Å². The van der Waals surface area contributed by atoms with Crippen molar-refractivity contribution in [3.05, 3.63) is 0 Å². The molecule has 3 heteroatoms. The molecule has 0 aliphatic heterocycles. The number of nitrogens with two attached hydrogens (primary N) is 1. The zero-order chi connectivity index (χ0) is 12.1. The number of hydrogen-bond acceptors (Lipinski definition) is 2. The summed E-state index contributed by atoms with van der Waals surface area (Å²) in [7, 11) is 0. The largest absolute Gasteiger partial charge is 0.370 e. The molecule has 15 heavy (non-hydrogen) atoms. The van der Waals surface area contributed by atoms with E-state index in [-0.39, 0.29) is 16.7 Å². The molecule has 0 bridgehead atoms. The van der Waals surface area contributed by atoms with Gasteiger partial charge in [-0.15, -0.1) is 0 Å². The van der Waals surface area contributed by atoms with E-state index in [2.05, 4.69) is 13.8 Å². The molecule has 88 valence electrons. The molecule has 0 aromatic heterocycles. The van der Waals surface area contributed by atoms with Crippen molar-refractivity contribution in [1.29, 1.82) is 0 Å². The standard InChI is InChI=1S/C12H23NO2/c1-11(2,6-5-7-14)9-12(3,4)8-10(13)15/h7H,5-6,8-9H2,1-4H3,(H2,13,15). The SMILES string of the molecule is CC(C)(CCC=O)CC(C)(C)CC(N)=O. The van der Waals surface area contributed by atoms with Crippen LogP contribution in [0.25, 0.3) is 0 Å². The summed E-state index contributed by atoms with van der Waals surface area (Å²) in [5.74, 6) is -0.258. The number of carbonyl (C=O) groups is 2. The van der Waals surface area contributed by atoms with Gasteiger partial charge in [0, 0.05) is 12.8 Å². The Morgan fingerprint density at radius 3 is 2.13 bits per heavy atom. The quantitative estimate of drug-likeness (QED) is 0.659. The highest BCUT2D eigenvalue weighted by molar-refractivity contribution is 5.74. The van der Waals surface area contributed by atoms with Crippen LogP contribution in [0.15, 0.2) is 0 Å². The van der Waals surface area contributed by atoms with E-state index in [9.17, 15) is 9.59 Å². The van der Waals surface area contributed by atoms with E-state index >= 15 is 0 Å². The second-order valence-electron chi connectivity index (χ2n) is 5.85. The summed E-state index contributed by atoms with van der Waals surface area (Å²) in [4.78, 5) is 21.2. The zero-order valence-electron chi connectivity index (χ0n) is 10.3. The van der Waals surface area contributed by atoms with Crippen molar-refractivity contribution < 1.29 is 9.59 Å². The molecular formula is C12H23NO2. The summed E-state index contributed by atoms with van der Waals surface area (Å²) in [6, 6.07) is 0. The minimum atomic E-state index is -0.258. The third-order valence-electron chi connectivity index (χ3n) is 2.55. The minimum absolute atomic E-state index is 0.0832. The van der Waals surface area contributed by atoms with Gasteiger partial charge in [-0.1, -0.05) is 27.7 Å². The fourth-order valence-corrected chi connectivity index (χ4v) is 2.37. The van der Waals surface area contributed by atoms with Gasteiger partial charge in [0.1, 0.15) is 6.29 Å². The second-order valence-corrected chi connectivity index (χ2v) is 5.85. The maximum absolute atomic E-state index is 10.9. The van der Waals surface area contributed by atoms with Crippen LogP contribution in [0, 0.1) is 10.8 Å². The van der Waals surface area contributed by atoms with E-state index in [0.717, 1.165) is 19.1 Å². The van der Waals surface area contributed by atoms with Gasteiger partial charge in [0.25, 0.3) is 0 Å². The Kier molecular flexibility index (Phi) is 4.98. The third kappa shape index (κ3) is 7.11. The van der Waals surface area contributed by atoms with Gasteiger partial charge in [-0.05, 0) is 23.7 Å². The lowest BCUT2D eigenvalue weighted by atomic mass is 9.71. The van der Waals surface area contributed by atoms with Gasteiger partial charge in [-0.25, -0.2) is 0 Å². The van der Waals surface area contributed by atoms with Crippen molar-refractivity contribution in [3.8, 4) is 0 Å². The van der Waals surface area contributed by atoms with Crippen molar-refractivity contribution >= 4 is 12.2 Å². The van der Waals surface area contributed by atoms with Gasteiger partial charge in [0.05, 0.1) is 0 Å². The van der Waals surface area contributed by atoms with E-state index in [0.29, 0.717) is 12.8 Å². The fourth-order valence-electron chi connectivity index (χ4n) is 2.37. The Morgan fingerprint density at radius 1 is 1.20 bits per heavy atom. The highest BCUT2D eigenvalue weighted by Crippen LogP contribution is 2.38. The van der Waals surface area contributed by atoms with Crippen molar-refractivity contribution in [2.24, 2.45) is 16.6 Å². The molecule has 0 spiro atoms. The number of rotatable bonds is 7. The lowest BCUT2D eigenvalue weighted by molar-refractivity contribution is -0.120. The molecule has 0 saturated heterocycles. The van der Waals surface area contributed by atoms with Crippen LogP contribution in [-0.2, 0) is 9.59 Å². The van der Waals surface area contributed by atoms with E-state index in [1.165, 1.54) is 0 Å². The van der Waals surface area contributed by atoms with Gasteiger partial charge in [-0.3, -0.25) is 4.79 Å². The first-order valence-electron chi connectivity index (χ1n) is 5.40. The van der Waals surface area contributed by atoms with Crippen LogP contribution in [-0.4, -0.2) is 12.2 Å². The topological polar surface area (TPSA) is 60.2 Å². The first-order chi connectivity index (χ1) is 6.68. The molecule has 0 unspecified atom stereocenters. The number of primary amides is 1. The molecule has 0 aliphatic carbocycles. The molecule has 2 N–H and O–H groups in total. The highest BCUT2D eigenvalue weighted by Gasteiger charge is 2.29. The summed E-state index contributed by atoms with van der Waals surface area (Å²) in [6.45, 7) is 8.33. The number of hydrogen-bond donors (Lipinski definition) is 1. The summed E-state index contributed by atoms with van der Waals surface area (Å²) in [6.07, 6.45) is 3.69. The number of amides is 1. The monoisotopic (exact) mass is 213 g/mol. The van der Waals surface area contributed by atoms with Gasteiger partial charge < -0.3 is 10.5 Å². The molecule has 0 atom stereocenters. The lowest BCUT2D eigenvalue weighted by Crippen LogP contribution is -2.28. The van der Waals surface area contributed by atoms with E-state index in [4.69, 9.17) is 5.73 Å². The maximum atomic E-state index is 10.9. The Hall–Kier alpha value is -0.860. The van der Waals surface area contributed by atoms with Crippen LogP contribution in [0.3, 0.4) is 0 Å². The van der Waals surface area contributed by atoms with Crippen LogP contribution < -0.4 is 5.73 Å². The molecule has 0 fully saturated rings. The Balaban J connectivity index is 4.28. The molecule has 0 aliphatic rings. The molecule has 0 radical (unpaired) electrons.